The molecule has 2 aromatic heterocycles. The summed E-state index contributed by atoms with van der Waals surface area (Å²) >= 11 is 5.97. The molecule has 1 aromatic carbocycles. The van der Waals surface area contributed by atoms with Gasteiger partial charge in [-0.15, -0.1) is 0 Å². The van der Waals surface area contributed by atoms with Crippen molar-refractivity contribution >= 4 is 17.4 Å². The van der Waals surface area contributed by atoms with Crippen LogP contribution in [-0.4, -0.2) is 39.0 Å². The molecule has 0 aliphatic carbocycles. The normalized spacial score (nSPS) is 15.3. The van der Waals surface area contributed by atoms with E-state index in [2.05, 4.69) is 37.3 Å². The zero-order valence-electron chi connectivity index (χ0n) is 17.1. The van der Waals surface area contributed by atoms with Gasteiger partial charge in [-0.2, -0.15) is 0 Å². The van der Waals surface area contributed by atoms with E-state index in [-0.39, 0.29) is 5.56 Å². The van der Waals surface area contributed by atoms with Crippen LogP contribution in [0.15, 0.2) is 53.5 Å². The Balaban J connectivity index is 1.32. The van der Waals surface area contributed by atoms with Crippen LogP contribution in [0.5, 0.6) is 0 Å². The SMILES string of the molecule is CCc1cc(=O)[nH]c(-c2ccc(NC3CCN(Cc4ccc(Cl)cc4)CC3)nc2)n1. The number of aryl methyl sites for hydroxylation is 1. The minimum Gasteiger partial charge on any atom is -0.367 e. The van der Waals surface area contributed by atoms with Gasteiger partial charge in [-0.25, -0.2) is 9.97 Å². The second-order valence-electron chi connectivity index (χ2n) is 7.69. The Labute approximate surface area is 181 Å². The van der Waals surface area contributed by atoms with Gasteiger partial charge < -0.3 is 10.3 Å². The summed E-state index contributed by atoms with van der Waals surface area (Å²) < 4.78 is 0. The van der Waals surface area contributed by atoms with Gasteiger partial charge in [-0.3, -0.25) is 9.69 Å². The Morgan fingerprint density at radius 1 is 1.17 bits per heavy atom. The number of piperidine rings is 1. The van der Waals surface area contributed by atoms with Crippen LogP contribution in [0.2, 0.25) is 5.02 Å². The molecule has 1 fully saturated rings. The molecule has 0 atom stereocenters. The lowest BCUT2D eigenvalue weighted by atomic mass is 10.0. The molecular formula is C23H26ClN5O. The number of hydrogen-bond donors (Lipinski definition) is 2. The molecule has 7 heteroatoms. The van der Waals surface area contributed by atoms with Gasteiger partial charge in [0.1, 0.15) is 11.6 Å². The first-order valence-electron chi connectivity index (χ1n) is 10.4. The maximum atomic E-state index is 11.8. The van der Waals surface area contributed by atoms with Crippen molar-refractivity contribution in [1.29, 1.82) is 0 Å². The molecule has 6 nitrogen and oxygen atoms in total. The van der Waals surface area contributed by atoms with Crippen molar-refractivity contribution in [1.82, 2.24) is 19.9 Å². The van der Waals surface area contributed by atoms with Gasteiger partial charge in [-0.05, 0) is 49.1 Å². The number of rotatable bonds is 6. The van der Waals surface area contributed by atoms with Gasteiger partial charge in [0.25, 0.3) is 5.56 Å². The number of halogens is 1. The van der Waals surface area contributed by atoms with Crippen molar-refractivity contribution in [3.63, 3.8) is 0 Å². The first-order valence-corrected chi connectivity index (χ1v) is 10.8. The molecule has 0 unspecified atom stereocenters. The minimum atomic E-state index is -0.135. The highest BCUT2D eigenvalue weighted by Gasteiger charge is 2.19. The number of H-pyrrole nitrogens is 1. The summed E-state index contributed by atoms with van der Waals surface area (Å²) in [7, 11) is 0. The first kappa shape index (κ1) is 20.6. The highest BCUT2D eigenvalue weighted by Crippen LogP contribution is 2.20. The first-order chi connectivity index (χ1) is 14.6. The Kier molecular flexibility index (Phi) is 6.45. The van der Waals surface area contributed by atoms with E-state index in [0.717, 1.165) is 61.0 Å². The van der Waals surface area contributed by atoms with Crippen LogP contribution in [-0.2, 0) is 13.0 Å². The molecule has 1 aliphatic rings. The van der Waals surface area contributed by atoms with Gasteiger partial charge in [0.15, 0.2) is 0 Å². The second kappa shape index (κ2) is 9.41. The van der Waals surface area contributed by atoms with E-state index in [1.807, 2.05) is 31.2 Å². The molecule has 0 bridgehead atoms. The largest absolute Gasteiger partial charge is 0.367 e. The number of likely N-dealkylation sites (tertiary alicyclic amines) is 1. The Morgan fingerprint density at radius 3 is 2.60 bits per heavy atom. The molecule has 156 valence electrons. The average molecular weight is 424 g/mol. The Bertz CT molecular complexity index is 1020. The third kappa shape index (κ3) is 5.26. The molecule has 0 saturated carbocycles. The Morgan fingerprint density at radius 2 is 1.93 bits per heavy atom. The zero-order chi connectivity index (χ0) is 20.9. The summed E-state index contributed by atoms with van der Waals surface area (Å²) in [6, 6.07) is 13.9. The van der Waals surface area contributed by atoms with Gasteiger partial charge in [0.05, 0.1) is 0 Å². The topological polar surface area (TPSA) is 73.9 Å². The molecule has 0 amide bonds. The highest BCUT2D eigenvalue weighted by molar-refractivity contribution is 6.30. The van der Waals surface area contributed by atoms with Crippen molar-refractivity contribution < 1.29 is 0 Å². The number of nitrogens with one attached hydrogen (secondary N) is 2. The fourth-order valence-corrected chi connectivity index (χ4v) is 3.86. The number of pyridine rings is 1. The van der Waals surface area contributed by atoms with Crippen LogP contribution in [0.25, 0.3) is 11.4 Å². The number of aromatic nitrogens is 3. The van der Waals surface area contributed by atoms with Crippen LogP contribution in [0.1, 0.15) is 31.0 Å². The van der Waals surface area contributed by atoms with E-state index >= 15 is 0 Å². The summed E-state index contributed by atoms with van der Waals surface area (Å²) in [6.07, 6.45) is 4.63. The lowest BCUT2D eigenvalue weighted by Crippen LogP contribution is -2.38. The van der Waals surface area contributed by atoms with Crippen molar-refractivity contribution in [2.75, 3.05) is 18.4 Å². The maximum Gasteiger partial charge on any atom is 0.251 e. The summed E-state index contributed by atoms with van der Waals surface area (Å²) in [5.74, 6) is 1.41. The predicted octanol–water partition coefficient (Wildman–Crippen LogP) is 4.12. The molecule has 0 spiro atoms. The number of benzene rings is 1. The maximum absolute atomic E-state index is 11.8. The monoisotopic (exact) mass is 423 g/mol. The van der Waals surface area contributed by atoms with Gasteiger partial charge >= 0.3 is 0 Å². The van der Waals surface area contributed by atoms with Gasteiger partial charge in [-0.1, -0.05) is 30.7 Å². The van der Waals surface area contributed by atoms with Crippen molar-refractivity contribution in [2.24, 2.45) is 0 Å². The van der Waals surface area contributed by atoms with Gasteiger partial charge in [0, 0.05) is 54.2 Å². The van der Waals surface area contributed by atoms with E-state index in [9.17, 15) is 4.79 Å². The van der Waals surface area contributed by atoms with E-state index in [4.69, 9.17) is 11.6 Å². The number of aromatic amines is 1. The molecule has 1 aliphatic heterocycles. The summed E-state index contributed by atoms with van der Waals surface area (Å²) in [5, 5.41) is 4.32. The Hall–Kier alpha value is -2.70. The number of anilines is 1. The van der Waals surface area contributed by atoms with Crippen LogP contribution >= 0.6 is 11.6 Å². The molecule has 1 saturated heterocycles. The average Bonchev–Trinajstić information content (AvgIpc) is 2.77. The van der Waals surface area contributed by atoms with Crippen LogP contribution in [0.4, 0.5) is 5.82 Å². The molecule has 30 heavy (non-hydrogen) atoms. The van der Waals surface area contributed by atoms with Crippen LogP contribution in [0.3, 0.4) is 0 Å². The third-order valence-electron chi connectivity index (χ3n) is 5.45. The van der Waals surface area contributed by atoms with Crippen LogP contribution < -0.4 is 10.9 Å². The standard InChI is InChI=1S/C23H26ClN5O/c1-2-19-13-22(30)28-23(27-19)17-5-8-21(25-14-17)26-20-9-11-29(12-10-20)15-16-3-6-18(24)7-4-16/h3-8,13-14,20H,2,9-12,15H2,1H3,(H,25,26)(H,27,28,30). The quantitative estimate of drug-likeness (QED) is 0.623. The van der Waals surface area contributed by atoms with E-state index in [1.54, 1.807) is 6.20 Å². The van der Waals surface area contributed by atoms with E-state index in [1.165, 1.54) is 11.6 Å². The smallest absolute Gasteiger partial charge is 0.251 e. The molecular weight excluding hydrogens is 398 g/mol. The molecule has 3 heterocycles. The zero-order valence-corrected chi connectivity index (χ0v) is 17.8. The molecule has 3 aromatic rings. The summed E-state index contributed by atoms with van der Waals surface area (Å²) in [5.41, 5.74) is 2.75. The molecule has 4 rings (SSSR count). The third-order valence-corrected chi connectivity index (χ3v) is 5.70. The molecule has 2 N–H and O–H groups in total. The van der Waals surface area contributed by atoms with Gasteiger partial charge in [0.2, 0.25) is 0 Å². The number of hydrogen-bond acceptors (Lipinski definition) is 5. The molecule has 0 radical (unpaired) electrons. The number of nitrogens with zero attached hydrogens (tertiary/aromatic N) is 3. The summed E-state index contributed by atoms with van der Waals surface area (Å²) in [4.78, 5) is 26.1. The lowest BCUT2D eigenvalue weighted by molar-refractivity contribution is 0.211. The summed E-state index contributed by atoms with van der Waals surface area (Å²) in [6.45, 7) is 5.04. The van der Waals surface area contributed by atoms with E-state index < -0.39 is 0 Å². The van der Waals surface area contributed by atoms with Crippen LogP contribution in [0, 0.1) is 0 Å². The fourth-order valence-electron chi connectivity index (χ4n) is 3.74. The van der Waals surface area contributed by atoms with Crippen molar-refractivity contribution in [2.45, 2.75) is 38.8 Å². The predicted molar refractivity (Wildman–Crippen MR) is 121 cm³/mol. The second-order valence-corrected chi connectivity index (χ2v) is 8.13. The van der Waals surface area contributed by atoms with Crippen molar-refractivity contribution in [3.8, 4) is 11.4 Å². The van der Waals surface area contributed by atoms with E-state index in [0.29, 0.717) is 11.9 Å². The lowest BCUT2D eigenvalue weighted by Gasteiger charge is -2.32. The fraction of sp³-hybridized carbons (Fsp3) is 0.348. The minimum absolute atomic E-state index is 0.135. The highest BCUT2D eigenvalue weighted by atomic mass is 35.5. The van der Waals surface area contributed by atoms with Crippen molar-refractivity contribution in [3.05, 3.63) is 75.3 Å².